The van der Waals surface area contributed by atoms with Gasteiger partial charge >= 0.3 is 0 Å². The number of rotatable bonds is 2. The Labute approximate surface area is 112 Å². The summed E-state index contributed by atoms with van der Waals surface area (Å²) in [5.41, 5.74) is 10.4. The van der Waals surface area contributed by atoms with E-state index in [1.165, 1.54) is 16.9 Å². The summed E-state index contributed by atoms with van der Waals surface area (Å²) in [6.07, 6.45) is 1.10. The second kappa shape index (κ2) is 4.42. The molecular weight excluding hydrogens is 240 g/mol. The molecule has 0 atom stereocenters. The van der Waals surface area contributed by atoms with E-state index < -0.39 is 0 Å². The Kier molecular flexibility index (Phi) is 2.76. The van der Waals surface area contributed by atoms with Gasteiger partial charge in [0.25, 0.3) is 0 Å². The molecule has 0 saturated heterocycles. The lowest BCUT2D eigenvalue weighted by Crippen LogP contribution is -2.14. The molecule has 1 heterocycles. The highest BCUT2D eigenvalue weighted by atomic mass is 32.1. The summed E-state index contributed by atoms with van der Waals surface area (Å²) >= 11 is 4.97. The monoisotopic (exact) mass is 254 g/mol. The minimum absolute atomic E-state index is 0.448. The van der Waals surface area contributed by atoms with Crippen LogP contribution in [-0.4, -0.2) is 11.5 Å². The van der Waals surface area contributed by atoms with Gasteiger partial charge in [-0.25, -0.2) is 0 Å². The highest BCUT2D eigenvalue weighted by Gasteiger charge is 2.19. The van der Waals surface area contributed by atoms with Crippen molar-refractivity contribution in [3.05, 3.63) is 59.7 Å². The second-order valence-corrected chi connectivity index (χ2v) is 4.88. The lowest BCUT2D eigenvalue weighted by molar-refractivity contribution is 0.998. The molecule has 2 aromatic rings. The Morgan fingerprint density at radius 2 is 1.78 bits per heavy atom. The number of nitrogens with two attached hydrogens (primary N) is 1. The van der Waals surface area contributed by atoms with E-state index in [4.69, 9.17) is 18.0 Å². The molecule has 18 heavy (non-hydrogen) atoms. The van der Waals surface area contributed by atoms with Crippen LogP contribution >= 0.6 is 12.2 Å². The number of hydrogen-bond donors (Lipinski definition) is 1. The second-order valence-electron chi connectivity index (χ2n) is 4.44. The third-order valence-electron chi connectivity index (χ3n) is 3.35. The molecule has 0 aromatic heterocycles. The van der Waals surface area contributed by atoms with Crippen LogP contribution in [0.3, 0.4) is 0 Å². The maximum atomic E-state index is 5.61. The van der Waals surface area contributed by atoms with Crippen LogP contribution < -0.4 is 10.6 Å². The number of hydrogen-bond acceptors (Lipinski definition) is 2. The van der Waals surface area contributed by atoms with Gasteiger partial charge in [-0.3, -0.25) is 0 Å². The summed E-state index contributed by atoms with van der Waals surface area (Å²) in [4.78, 5) is 2.78. The predicted octanol–water partition coefficient (Wildman–Crippen LogP) is 3.02. The van der Waals surface area contributed by atoms with Crippen molar-refractivity contribution in [2.45, 2.75) is 6.42 Å². The summed E-state index contributed by atoms with van der Waals surface area (Å²) < 4.78 is 0. The summed E-state index contributed by atoms with van der Waals surface area (Å²) in [6, 6.07) is 16.7. The van der Waals surface area contributed by atoms with E-state index >= 15 is 0 Å². The average molecular weight is 254 g/mol. The number of thiocarbonyl (C=S) groups is 1. The molecule has 1 aliphatic heterocycles. The fraction of sp³-hybridized carbons (Fsp3) is 0.133. The van der Waals surface area contributed by atoms with Gasteiger partial charge in [0.1, 0.15) is 4.99 Å². The third kappa shape index (κ3) is 1.87. The van der Waals surface area contributed by atoms with Gasteiger partial charge in [-0.2, -0.15) is 0 Å². The molecule has 3 rings (SSSR count). The van der Waals surface area contributed by atoms with E-state index in [0.717, 1.165) is 18.5 Å². The van der Waals surface area contributed by atoms with E-state index in [9.17, 15) is 0 Å². The first-order chi connectivity index (χ1) is 8.75. The number of benzene rings is 2. The molecule has 3 heteroatoms. The zero-order chi connectivity index (χ0) is 12.5. The van der Waals surface area contributed by atoms with Gasteiger partial charge in [-0.15, -0.1) is 0 Å². The molecule has 0 saturated carbocycles. The molecule has 2 N–H and O–H groups in total. The molecule has 0 bridgehead atoms. The zero-order valence-corrected chi connectivity index (χ0v) is 10.8. The quantitative estimate of drug-likeness (QED) is 0.835. The predicted molar refractivity (Wildman–Crippen MR) is 79.5 cm³/mol. The number of nitrogens with zero attached hydrogens (tertiary/aromatic N) is 1. The minimum Gasteiger partial charge on any atom is -0.389 e. The van der Waals surface area contributed by atoms with Crippen LogP contribution in [0.15, 0.2) is 48.5 Å². The van der Waals surface area contributed by atoms with Crippen LogP contribution in [-0.2, 0) is 6.42 Å². The van der Waals surface area contributed by atoms with Crippen molar-refractivity contribution in [1.82, 2.24) is 0 Å². The standard InChI is InChI=1S/C15H14N2S/c16-15(18)12-5-7-13(8-6-12)17-10-9-11-3-1-2-4-14(11)17/h1-8H,9-10H2,(H2,16,18). The smallest absolute Gasteiger partial charge is 0.103 e. The van der Waals surface area contributed by atoms with Crippen molar-refractivity contribution >= 4 is 28.6 Å². The Morgan fingerprint density at radius 1 is 1.06 bits per heavy atom. The molecule has 2 aromatic carbocycles. The Hall–Kier alpha value is -1.87. The van der Waals surface area contributed by atoms with E-state index in [0.29, 0.717) is 4.99 Å². The van der Waals surface area contributed by atoms with Crippen molar-refractivity contribution < 1.29 is 0 Å². The summed E-state index contributed by atoms with van der Waals surface area (Å²) in [7, 11) is 0. The van der Waals surface area contributed by atoms with Crippen molar-refractivity contribution in [3.63, 3.8) is 0 Å². The largest absolute Gasteiger partial charge is 0.389 e. The Bertz CT molecular complexity index is 590. The van der Waals surface area contributed by atoms with Gasteiger partial charge in [0, 0.05) is 23.5 Å². The summed E-state index contributed by atoms with van der Waals surface area (Å²) in [6.45, 7) is 1.03. The minimum atomic E-state index is 0.448. The third-order valence-corrected chi connectivity index (χ3v) is 3.59. The van der Waals surface area contributed by atoms with Crippen LogP contribution in [0.4, 0.5) is 11.4 Å². The van der Waals surface area contributed by atoms with Gasteiger partial charge in [0.15, 0.2) is 0 Å². The van der Waals surface area contributed by atoms with Gasteiger partial charge in [0.05, 0.1) is 0 Å². The SMILES string of the molecule is NC(=S)c1ccc(N2CCc3ccccc32)cc1. The van der Waals surface area contributed by atoms with Crippen LogP contribution in [0.5, 0.6) is 0 Å². The molecule has 2 nitrogen and oxygen atoms in total. The van der Waals surface area contributed by atoms with Crippen molar-refractivity contribution in [2.24, 2.45) is 5.73 Å². The van der Waals surface area contributed by atoms with Crippen LogP contribution in [0.2, 0.25) is 0 Å². The Balaban J connectivity index is 1.95. The molecule has 0 radical (unpaired) electrons. The molecule has 0 unspecified atom stereocenters. The fourth-order valence-electron chi connectivity index (χ4n) is 2.41. The lowest BCUT2D eigenvalue weighted by atomic mass is 10.1. The highest BCUT2D eigenvalue weighted by Crippen LogP contribution is 2.34. The lowest BCUT2D eigenvalue weighted by Gasteiger charge is -2.19. The maximum absolute atomic E-state index is 5.61. The average Bonchev–Trinajstić information content (AvgIpc) is 2.82. The van der Waals surface area contributed by atoms with Gasteiger partial charge < -0.3 is 10.6 Å². The van der Waals surface area contributed by atoms with E-state index in [1.54, 1.807) is 0 Å². The maximum Gasteiger partial charge on any atom is 0.103 e. The highest BCUT2D eigenvalue weighted by molar-refractivity contribution is 7.80. The topological polar surface area (TPSA) is 29.3 Å². The fourth-order valence-corrected chi connectivity index (χ4v) is 2.55. The summed E-state index contributed by atoms with van der Waals surface area (Å²) in [5.74, 6) is 0. The first kappa shape index (κ1) is 11.2. The van der Waals surface area contributed by atoms with E-state index in [1.807, 2.05) is 12.1 Å². The van der Waals surface area contributed by atoms with Crippen LogP contribution in [0, 0.1) is 0 Å². The van der Waals surface area contributed by atoms with E-state index in [-0.39, 0.29) is 0 Å². The summed E-state index contributed by atoms with van der Waals surface area (Å²) in [5, 5.41) is 0. The number of para-hydroxylation sites is 1. The molecule has 0 fully saturated rings. The Morgan fingerprint density at radius 3 is 2.50 bits per heavy atom. The molecule has 90 valence electrons. The molecule has 1 aliphatic rings. The van der Waals surface area contributed by atoms with Crippen molar-refractivity contribution in [3.8, 4) is 0 Å². The number of fused-ring (bicyclic) bond motifs is 1. The van der Waals surface area contributed by atoms with Crippen molar-refractivity contribution in [2.75, 3.05) is 11.4 Å². The van der Waals surface area contributed by atoms with E-state index in [2.05, 4.69) is 41.3 Å². The van der Waals surface area contributed by atoms with Crippen LogP contribution in [0.1, 0.15) is 11.1 Å². The molecular formula is C15H14N2S. The van der Waals surface area contributed by atoms with Gasteiger partial charge in [0.2, 0.25) is 0 Å². The first-order valence-electron chi connectivity index (χ1n) is 6.01. The van der Waals surface area contributed by atoms with Gasteiger partial charge in [-0.05, 0) is 42.3 Å². The van der Waals surface area contributed by atoms with Crippen LogP contribution in [0.25, 0.3) is 0 Å². The van der Waals surface area contributed by atoms with Gasteiger partial charge in [-0.1, -0.05) is 30.4 Å². The zero-order valence-electron chi connectivity index (χ0n) is 9.97. The number of anilines is 2. The molecule has 0 amide bonds. The molecule has 0 spiro atoms. The molecule has 0 aliphatic carbocycles. The van der Waals surface area contributed by atoms with Crippen molar-refractivity contribution in [1.29, 1.82) is 0 Å². The normalized spacial score (nSPS) is 13.4. The first-order valence-corrected chi connectivity index (χ1v) is 6.42.